The van der Waals surface area contributed by atoms with E-state index in [2.05, 4.69) is 23.3 Å². The number of aliphatic hydroxyl groups excluding tert-OH is 5. The van der Waals surface area contributed by atoms with Crippen molar-refractivity contribution in [3.63, 3.8) is 0 Å². The molecule has 8 atom stereocenters. The van der Waals surface area contributed by atoms with Gasteiger partial charge in [-0.25, -0.2) is 4.18 Å². The van der Waals surface area contributed by atoms with Crippen LogP contribution in [0.15, 0.2) is 12.2 Å². The molecule has 0 aromatic carbocycles. The highest BCUT2D eigenvalue weighted by Gasteiger charge is 2.48. The largest absolute Gasteiger partial charge is 0.397 e. The van der Waals surface area contributed by atoms with Crippen LogP contribution in [-0.4, -0.2) is 107 Å². The van der Waals surface area contributed by atoms with Crippen LogP contribution in [0.1, 0.15) is 206 Å². The van der Waals surface area contributed by atoms with E-state index in [1.807, 2.05) is 6.08 Å². The summed E-state index contributed by atoms with van der Waals surface area (Å²) in [6.45, 7) is 3.21. The van der Waals surface area contributed by atoms with Gasteiger partial charge in [0.25, 0.3) is 0 Å². The zero-order valence-electron chi connectivity index (χ0n) is 36.9. The molecule has 8 unspecified atom stereocenters. The van der Waals surface area contributed by atoms with Gasteiger partial charge in [0, 0.05) is 0 Å². The predicted octanol–water partition coefficient (Wildman–Crippen LogP) is 8.14. The first-order chi connectivity index (χ1) is 28.4. The van der Waals surface area contributed by atoms with Crippen molar-refractivity contribution in [2.24, 2.45) is 0 Å². The standard InChI is InChI=1S/C45H87NO12S/c1-3-5-7-9-11-13-15-16-17-18-19-20-21-22-24-25-27-29-31-33-38(48)37(36-56-45-42(51)43(58-59(53,54)55)41(50)40(35-47)57-45)46-44(52)39(49)34-32-30-28-26-23-14-12-10-8-6-4-2/h31,33,37-43,45,47-51H,3-30,32,34-36H2,1-2H3,(H,46,52)(H,53,54,55)/b33-31+. The molecule has 0 radical (unpaired) electrons. The lowest BCUT2D eigenvalue weighted by atomic mass is 9.99. The number of unbranched alkanes of at least 4 members (excludes halogenated alkanes) is 27. The lowest BCUT2D eigenvalue weighted by Crippen LogP contribution is -2.61. The van der Waals surface area contributed by atoms with Gasteiger partial charge in [-0.2, -0.15) is 8.42 Å². The van der Waals surface area contributed by atoms with Crippen LogP contribution in [0.2, 0.25) is 0 Å². The van der Waals surface area contributed by atoms with Crippen molar-refractivity contribution < 1.29 is 57.0 Å². The fraction of sp³-hybridized carbons (Fsp3) is 0.933. The molecule has 1 heterocycles. The van der Waals surface area contributed by atoms with Crippen molar-refractivity contribution in [2.45, 2.75) is 255 Å². The molecule has 1 amide bonds. The summed E-state index contributed by atoms with van der Waals surface area (Å²) in [5, 5.41) is 55.2. The van der Waals surface area contributed by atoms with E-state index in [4.69, 9.17) is 9.47 Å². The van der Waals surface area contributed by atoms with E-state index in [1.54, 1.807) is 6.08 Å². The highest BCUT2D eigenvalue weighted by molar-refractivity contribution is 7.80. The summed E-state index contributed by atoms with van der Waals surface area (Å²) in [6.07, 6.45) is 27.3. The Morgan fingerprint density at radius 3 is 1.53 bits per heavy atom. The monoisotopic (exact) mass is 866 g/mol. The van der Waals surface area contributed by atoms with E-state index in [0.717, 1.165) is 38.5 Å². The summed E-state index contributed by atoms with van der Waals surface area (Å²) in [6, 6.07) is -1.11. The molecule has 1 rings (SSSR count). The van der Waals surface area contributed by atoms with Crippen LogP contribution in [0.25, 0.3) is 0 Å². The molecule has 59 heavy (non-hydrogen) atoms. The molecule has 350 valence electrons. The molecule has 1 saturated heterocycles. The van der Waals surface area contributed by atoms with Crippen LogP contribution in [0, 0.1) is 0 Å². The molecule has 0 spiro atoms. The van der Waals surface area contributed by atoms with E-state index in [-0.39, 0.29) is 6.42 Å². The fourth-order valence-corrected chi connectivity index (χ4v) is 8.15. The highest BCUT2D eigenvalue weighted by atomic mass is 32.3. The summed E-state index contributed by atoms with van der Waals surface area (Å²) in [5.41, 5.74) is 0. The fourth-order valence-electron chi connectivity index (χ4n) is 7.64. The van der Waals surface area contributed by atoms with E-state index in [1.165, 1.54) is 135 Å². The third-order valence-electron chi connectivity index (χ3n) is 11.4. The predicted molar refractivity (Wildman–Crippen MR) is 233 cm³/mol. The minimum absolute atomic E-state index is 0.247. The second-order valence-electron chi connectivity index (χ2n) is 16.8. The number of amides is 1. The van der Waals surface area contributed by atoms with Crippen LogP contribution in [-0.2, 0) is 28.9 Å². The van der Waals surface area contributed by atoms with Crippen LogP contribution in [0.4, 0.5) is 0 Å². The van der Waals surface area contributed by atoms with Gasteiger partial charge in [-0.3, -0.25) is 9.35 Å². The maximum Gasteiger partial charge on any atom is 0.397 e. The van der Waals surface area contributed by atoms with Gasteiger partial charge in [0.15, 0.2) is 6.29 Å². The third-order valence-corrected chi connectivity index (χ3v) is 11.9. The normalized spacial score (nSPS) is 21.5. The average molecular weight is 866 g/mol. The lowest BCUT2D eigenvalue weighted by Gasteiger charge is -2.41. The number of nitrogens with one attached hydrogen (secondary N) is 1. The van der Waals surface area contributed by atoms with Gasteiger partial charge in [-0.05, 0) is 19.3 Å². The topological polar surface area (TPSA) is 212 Å². The maximum absolute atomic E-state index is 13.1. The lowest BCUT2D eigenvalue weighted by molar-refractivity contribution is -0.298. The number of allylic oxidation sites excluding steroid dienone is 1. The van der Waals surface area contributed by atoms with Gasteiger partial charge in [0.1, 0.15) is 30.5 Å². The van der Waals surface area contributed by atoms with Gasteiger partial charge in [-0.15, -0.1) is 0 Å². The Morgan fingerprint density at radius 2 is 1.10 bits per heavy atom. The number of carbonyl (C=O) groups excluding carboxylic acids is 1. The molecular formula is C45H87NO12S. The number of carbonyl (C=O) groups is 1. The van der Waals surface area contributed by atoms with E-state index in [0.29, 0.717) is 12.8 Å². The van der Waals surface area contributed by atoms with Crippen LogP contribution in [0.5, 0.6) is 0 Å². The second kappa shape index (κ2) is 36.3. The summed E-state index contributed by atoms with van der Waals surface area (Å²) in [4.78, 5) is 13.1. The molecule has 1 aliphatic rings. The maximum atomic E-state index is 13.1. The molecule has 0 saturated carbocycles. The molecule has 14 heteroatoms. The quantitative estimate of drug-likeness (QED) is 0.0177. The first-order valence-corrected chi connectivity index (χ1v) is 25.0. The summed E-state index contributed by atoms with van der Waals surface area (Å²) in [7, 11) is -5.11. The molecular weight excluding hydrogens is 779 g/mol. The van der Waals surface area contributed by atoms with Crippen LogP contribution < -0.4 is 5.32 Å². The van der Waals surface area contributed by atoms with Gasteiger partial charge in [0.05, 0.1) is 25.4 Å². The summed E-state index contributed by atoms with van der Waals surface area (Å²) in [5.74, 6) is -0.701. The molecule has 13 nitrogen and oxygen atoms in total. The Balaban J connectivity index is 2.56. The Bertz CT molecular complexity index is 1130. The van der Waals surface area contributed by atoms with Crippen LogP contribution in [0.3, 0.4) is 0 Å². The molecule has 7 N–H and O–H groups in total. The number of ether oxygens (including phenoxy) is 2. The van der Waals surface area contributed by atoms with E-state index in [9.17, 15) is 43.3 Å². The first-order valence-electron chi connectivity index (χ1n) is 23.7. The molecule has 0 bridgehead atoms. The second-order valence-corrected chi connectivity index (χ2v) is 17.9. The number of aliphatic hydroxyl groups is 5. The summed E-state index contributed by atoms with van der Waals surface area (Å²) >= 11 is 0. The van der Waals surface area contributed by atoms with Crippen molar-refractivity contribution in [1.29, 1.82) is 0 Å². The SMILES string of the molecule is CCCCCCCCCCCCCCCCCCC/C=C/C(O)C(COC1OC(CO)C(O)C(OS(=O)(=O)O)C1O)NC(=O)C(O)CCCCCCCCCCCCC. The Kier molecular flexibility index (Phi) is 34.3. The van der Waals surface area contributed by atoms with Crippen LogP contribution >= 0.6 is 0 Å². The Hall–Kier alpha value is -1.20. The average Bonchev–Trinajstić information content (AvgIpc) is 3.20. The number of hydrogen-bond donors (Lipinski definition) is 7. The third kappa shape index (κ3) is 28.9. The van der Waals surface area contributed by atoms with E-state index < -0.39 is 78.5 Å². The summed E-state index contributed by atoms with van der Waals surface area (Å²) < 4.78 is 47.5. The van der Waals surface area contributed by atoms with Gasteiger partial charge < -0.3 is 40.3 Å². The zero-order valence-corrected chi connectivity index (χ0v) is 37.8. The van der Waals surface area contributed by atoms with Crippen molar-refractivity contribution in [2.75, 3.05) is 13.2 Å². The number of rotatable bonds is 40. The van der Waals surface area contributed by atoms with Gasteiger partial charge in [-0.1, -0.05) is 199 Å². The highest BCUT2D eigenvalue weighted by Crippen LogP contribution is 2.26. The molecule has 1 fully saturated rings. The zero-order chi connectivity index (χ0) is 43.6. The van der Waals surface area contributed by atoms with Crippen molar-refractivity contribution in [3.8, 4) is 0 Å². The molecule has 1 aliphatic heterocycles. The molecule has 0 aliphatic carbocycles. The molecule has 0 aromatic heterocycles. The first kappa shape index (κ1) is 55.8. The van der Waals surface area contributed by atoms with Gasteiger partial charge in [0.2, 0.25) is 5.91 Å². The van der Waals surface area contributed by atoms with Gasteiger partial charge >= 0.3 is 10.4 Å². The van der Waals surface area contributed by atoms with Crippen molar-refractivity contribution in [3.05, 3.63) is 12.2 Å². The van der Waals surface area contributed by atoms with Crippen molar-refractivity contribution >= 4 is 16.3 Å². The Morgan fingerprint density at radius 1 is 0.678 bits per heavy atom. The minimum Gasteiger partial charge on any atom is -0.394 e. The smallest absolute Gasteiger partial charge is 0.394 e. The Labute approximate surface area is 358 Å². The molecule has 0 aromatic rings. The minimum atomic E-state index is -5.11. The van der Waals surface area contributed by atoms with Crippen molar-refractivity contribution in [1.82, 2.24) is 5.32 Å². The van der Waals surface area contributed by atoms with E-state index >= 15 is 0 Å². The number of hydrogen-bond acceptors (Lipinski definition) is 11.